The number of pyridine rings is 1. The topological polar surface area (TPSA) is 102 Å². The highest BCUT2D eigenvalue weighted by molar-refractivity contribution is 6.10. The maximum atomic E-state index is 14.6. The van der Waals surface area contributed by atoms with Gasteiger partial charge >= 0.3 is 0 Å². The zero-order valence-electron chi connectivity index (χ0n) is 18.0. The van der Waals surface area contributed by atoms with Crippen LogP contribution in [-0.4, -0.2) is 39.9 Å². The van der Waals surface area contributed by atoms with Gasteiger partial charge in [0.2, 0.25) is 0 Å². The molecule has 3 heterocycles. The predicted octanol–water partition coefficient (Wildman–Crippen LogP) is 2.58. The second kappa shape index (κ2) is 9.30. The molecule has 2 aromatic carbocycles. The number of nitrogens with zero attached hydrogens (tertiary/aromatic N) is 4. The van der Waals surface area contributed by atoms with Crippen molar-refractivity contribution in [1.29, 1.82) is 0 Å². The van der Waals surface area contributed by atoms with Gasteiger partial charge in [-0.05, 0) is 48.0 Å². The lowest BCUT2D eigenvalue weighted by Crippen LogP contribution is -2.31. The Morgan fingerprint density at radius 1 is 1.21 bits per heavy atom. The molecule has 0 saturated heterocycles. The van der Waals surface area contributed by atoms with Crippen LogP contribution >= 0.6 is 0 Å². The summed E-state index contributed by atoms with van der Waals surface area (Å²) in [5.41, 5.74) is 9.10. The van der Waals surface area contributed by atoms with Crippen LogP contribution in [0.2, 0.25) is 0 Å². The lowest BCUT2D eigenvalue weighted by Gasteiger charge is -2.25. The minimum absolute atomic E-state index is 0.0812. The van der Waals surface area contributed by atoms with E-state index >= 15 is 0 Å². The Hall–Kier alpha value is -4.28. The third-order valence-electron chi connectivity index (χ3n) is 5.36. The Morgan fingerprint density at radius 2 is 2.12 bits per heavy atom. The van der Waals surface area contributed by atoms with E-state index in [9.17, 15) is 9.18 Å². The molecule has 2 aliphatic rings. The third kappa shape index (κ3) is 4.32. The molecule has 1 aromatic heterocycles. The van der Waals surface area contributed by atoms with Crippen molar-refractivity contribution >= 4 is 28.2 Å². The van der Waals surface area contributed by atoms with Crippen LogP contribution in [0, 0.1) is 5.82 Å². The molecule has 3 N–H and O–H groups in total. The number of anilines is 1. The molecule has 3 aromatic rings. The summed E-state index contributed by atoms with van der Waals surface area (Å²) in [5.74, 6) is -1.42. The Bertz CT molecular complexity index is 1340. The number of amides is 1. The van der Waals surface area contributed by atoms with Crippen LogP contribution in [0.25, 0.3) is 10.9 Å². The number of hydrazone groups is 1. The quantitative estimate of drug-likeness (QED) is 0.368. The number of hydrogen-bond donors (Lipinski definition) is 3. The van der Waals surface area contributed by atoms with Crippen molar-refractivity contribution in [3.05, 3.63) is 95.8 Å². The van der Waals surface area contributed by atoms with Gasteiger partial charge in [0.05, 0.1) is 30.8 Å². The van der Waals surface area contributed by atoms with Gasteiger partial charge in [0.1, 0.15) is 17.2 Å². The van der Waals surface area contributed by atoms with Crippen LogP contribution in [0.1, 0.15) is 15.9 Å². The molecule has 2 aliphatic heterocycles. The number of carbonyl (C=O) groups is 1. The van der Waals surface area contributed by atoms with Crippen molar-refractivity contribution in [1.82, 2.24) is 21.0 Å². The number of rotatable bonds is 7. The highest BCUT2D eigenvalue weighted by Gasteiger charge is 2.25. The molecule has 0 unspecified atom stereocenters. The van der Waals surface area contributed by atoms with E-state index in [4.69, 9.17) is 9.94 Å². The van der Waals surface area contributed by atoms with Gasteiger partial charge in [0, 0.05) is 29.7 Å². The first-order valence-electron chi connectivity index (χ1n) is 10.6. The van der Waals surface area contributed by atoms with Gasteiger partial charge in [0.25, 0.3) is 5.91 Å². The van der Waals surface area contributed by atoms with Gasteiger partial charge < -0.3 is 10.0 Å². The smallest absolute Gasteiger partial charge is 0.277 e. The molecule has 0 atom stereocenters. The summed E-state index contributed by atoms with van der Waals surface area (Å²) in [4.78, 5) is 22.9. The zero-order valence-corrected chi connectivity index (χ0v) is 18.0. The van der Waals surface area contributed by atoms with E-state index in [0.29, 0.717) is 12.2 Å². The van der Waals surface area contributed by atoms with Crippen molar-refractivity contribution < 1.29 is 19.1 Å². The number of halogens is 1. The minimum atomic E-state index is -0.726. The number of fused-ring (bicyclic) bond motifs is 2. The molecule has 0 saturated carbocycles. The highest BCUT2D eigenvalue weighted by atomic mass is 19.1. The maximum Gasteiger partial charge on any atom is 0.277 e. The number of hydrazine groups is 1. The average molecular weight is 460 g/mol. The summed E-state index contributed by atoms with van der Waals surface area (Å²) in [6.07, 6.45) is 7.22. The first-order valence-corrected chi connectivity index (χ1v) is 10.6. The molecular formula is C24H21FN6O3. The molecule has 1 amide bonds. The van der Waals surface area contributed by atoms with Crippen molar-refractivity contribution in [3.8, 4) is 0 Å². The van der Waals surface area contributed by atoms with Crippen molar-refractivity contribution in [2.24, 2.45) is 5.10 Å². The summed E-state index contributed by atoms with van der Waals surface area (Å²) < 4.78 is 14.6. The molecule has 0 bridgehead atoms. The predicted molar refractivity (Wildman–Crippen MR) is 124 cm³/mol. The molecule has 5 rings (SSSR count). The number of hydroxylamine groups is 1. The number of allylic oxidation sites excluding steroid dienone is 1. The number of hydrogen-bond acceptors (Lipinski definition) is 8. The molecule has 0 radical (unpaired) electrons. The van der Waals surface area contributed by atoms with E-state index in [-0.39, 0.29) is 18.8 Å². The Morgan fingerprint density at radius 3 is 2.97 bits per heavy atom. The molecule has 9 nitrogen and oxygen atoms in total. The zero-order chi connectivity index (χ0) is 23.5. The van der Waals surface area contributed by atoms with Crippen molar-refractivity contribution in [3.63, 3.8) is 0 Å². The number of aromatic nitrogens is 1. The van der Waals surface area contributed by atoms with E-state index in [1.165, 1.54) is 12.1 Å². The van der Waals surface area contributed by atoms with Crippen LogP contribution in [0.15, 0.2) is 84.0 Å². The Labute approximate surface area is 194 Å². The Balaban J connectivity index is 1.33. The van der Waals surface area contributed by atoms with E-state index in [0.717, 1.165) is 27.9 Å². The highest BCUT2D eigenvalue weighted by Crippen LogP contribution is 2.26. The maximum absolute atomic E-state index is 14.6. The molecule has 10 heteroatoms. The molecule has 172 valence electrons. The second-order valence-corrected chi connectivity index (χ2v) is 7.62. The van der Waals surface area contributed by atoms with E-state index in [1.54, 1.807) is 23.4 Å². The summed E-state index contributed by atoms with van der Waals surface area (Å²) >= 11 is 0. The van der Waals surface area contributed by atoms with Crippen LogP contribution in [0.3, 0.4) is 0 Å². The van der Waals surface area contributed by atoms with Crippen molar-refractivity contribution in [2.45, 2.75) is 6.54 Å². The first-order chi connectivity index (χ1) is 16.6. The van der Waals surface area contributed by atoms with Crippen molar-refractivity contribution in [2.75, 3.05) is 18.1 Å². The number of benzene rings is 2. The van der Waals surface area contributed by atoms with Gasteiger partial charge in [-0.3, -0.25) is 19.6 Å². The van der Waals surface area contributed by atoms with Gasteiger partial charge in [0.15, 0.2) is 0 Å². The van der Waals surface area contributed by atoms with E-state index in [1.807, 2.05) is 41.6 Å². The third-order valence-corrected chi connectivity index (χ3v) is 5.36. The molecule has 34 heavy (non-hydrogen) atoms. The normalized spacial score (nSPS) is 14.5. The molecule has 0 aliphatic carbocycles. The fourth-order valence-corrected chi connectivity index (χ4v) is 3.70. The second-order valence-electron chi connectivity index (χ2n) is 7.62. The fraction of sp³-hybridized carbons (Fsp3) is 0.125. The van der Waals surface area contributed by atoms with Crippen LogP contribution in [-0.2, 0) is 11.4 Å². The molecular weight excluding hydrogens is 439 g/mol. The number of aliphatic hydroxyl groups excluding tert-OH is 1. The minimum Gasteiger partial charge on any atom is -0.394 e. The summed E-state index contributed by atoms with van der Waals surface area (Å²) in [6.45, 7) is 0.224. The lowest BCUT2D eigenvalue weighted by molar-refractivity contribution is 0.0165. The average Bonchev–Trinajstić information content (AvgIpc) is 3.26. The first kappa shape index (κ1) is 21.6. The number of aliphatic hydroxyl groups is 1. The van der Waals surface area contributed by atoms with Gasteiger partial charge in [-0.15, -0.1) is 0 Å². The molecule has 0 spiro atoms. The monoisotopic (exact) mass is 460 g/mol. The SMILES string of the molecule is O=C(NOCCO)c1ccc(N2C=CC3=NNN(Cc4ccc5ncccc5c4)C3=C2)cc1F. The van der Waals surface area contributed by atoms with Crippen LogP contribution in [0.5, 0.6) is 0 Å². The number of carbonyl (C=O) groups excluding carboxylic acids is 1. The largest absolute Gasteiger partial charge is 0.394 e. The van der Waals surface area contributed by atoms with Crippen LogP contribution in [0.4, 0.5) is 10.1 Å². The van der Waals surface area contributed by atoms with Gasteiger partial charge in [-0.25, -0.2) is 15.4 Å². The summed E-state index contributed by atoms with van der Waals surface area (Å²) in [7, 11) is 0. The van der Waals surface area contributed by atoms with Crippen LogP contribution < -0.4 is 15.9 Å². The van der Waals surface area contributed by atoms with E-state index in [2.05, 4.69) is 27.2 Å². The fourth-order valence-electron chi connectivity index (χ4n) is 3.70. The lowest BCUT2D eigenvalue weighted by atomic mass is 10.1. The number of nitrogens with one attached hydrogen (secondary N) is 2. The summed E-state index contributed by atoms with van der Waals surface area (Å²) in [6, 6.07) is 14.3. The Kier molecular flexibility index (Phi) is 5.90. The van der Waals surface area contributed by atoms with Gasteiger partial charge in [-0.2, -0.15) is 5.10 Å². The summed E-state index contributed by atoms with van der Waals surface area (Å²) in [5, 5.41) is 16.0. The van der Waals surface area contributed by atoms with Gasteiger partial charge in [-0.1, -0.05) is 12.1 Å². The van der Waals surface area contributed by atoms with E-state index < -0.39 is 11.7 Å². The standard InChI is InChI=1S/C24H21FN6O3/c25-20-13-18(4-5-19(20)24(33)28-34-11-10-32)30-9-7-22-23(15-30)31(29-27-22)14-16-3-6-21-17(12-16)2-1-8-26-21/h1-9,12-13,15,29,32H,10-11,14H2,(H,28,33). The molecule has 0 fully saturated rings.